The number of carbonyl (C=O) groups excluding carboxylic acids is 1. The van der Waals surface area contributed by atoms with Crippen molar-refractivity contribution in [3.63, 3.8) is 0 Å². The molecule has 1 N–H and O–H groups in total. The van der Waals surface area contributed by atoms with E-state index >= 15 is 0 Å². The molecular weight excluding hydrogens is 300 g/mol. The molecule has 0 aliphatic rings. The molecule has 0 atom stereocenters. The molecule has 0 spiro atoms. The summed E-state index contributed by atoms with van der Waals surface area (Å²) in [6.07, 6.45) is 1.51. The molecule has 1 aromatic heterocycles. The maximum atomic E-state index is 11.8. The molecule has 0 radical (unpaired) electrons. The predicted molar refractivity (Wildman–Crippen MR) is 82.9 cm³/mol. The Morgan fingerprint density at radius 2 is 2.04 bits per heavy atom. The normalized spacial score (nSPS) is 10.6. The molecule has 2 aromatic rings. The average Bonchev–Trinajstić information content (AvgIpc) is 2.95. The van der Waals surface area contributed by atoms with Crippen LogP contribution in [0.2, 0.25) is 0 Å². The van der Waals surface area contributed by atoms with Gasteiger partial charge in [-0.3, -0.25) is 4.79 Å². The van der Waals surface area contributed by atoms with Gasteiger partial charge in [0, 0.05) is 6.54 Å². The molecule has 0 saturated heterocycles. The van der Waals surface area contributed by atoms with E-state index in [1.54, 1.807) is 0 Å². The highest BCUT2D eigenvalue weighted by atomic mass is 16.6. The van der Waals surface area contributed by atoms with Crippen molar-refractivity contribution in [1.82, 2.24) is 15.1 Å². The van der Waals surface area contributed by atoms with Gasteiger partial charge in [0.2, 0.25) is 5.91 Å². The zero-order valence-corrected chi connectivity index (χ0v) is 12.9. The van der Waals surface area contributed by atoms with Gasteiger partial charge in [0.05, 0.1) is 23.5 Å². The fraction of sp³-hybridized carbons (Fsp3) is 0.333. The van der Waals surface area contributed by atoms with Crippen LogP contribution in [0.4, 0.5) is 5.82 Å². The molecular formula is C15H18N4O4. The Morgan fingerprint density at radius 1 is 1.35 bits per heavy atom. The van der Waals surface area contributed by atoms with Gasteiger partial charge < -0.3 is 20.2 Å². The van der Waals surface area contributed by atoms with Crippen LogP contribution >= 0.6 is 0 Å². The quantitative estimate of drug-likeness (QED) is 0.621. The van der Waals surface area contributed by atoms with Crippen LogP contribution in [-0.4, -0.2) is 26.7 Å². The fourth-order valence-electron chi connectivity index (χ4n) is 1.90. The average molecular weight is 318 g/mol. The van der Waals surface area contributed by atoms with Crippen molar-refractivity contribution in [2.24, 2.45) is 0 Å². The van der Waals surface area contributed by atoms with Gasteiger partial charge in [-0.15, -0.1) is 0 Å². The summed E-state index contributed by atoms with van der Waals surface area (Å²) < 4.78 is 6.77. The van der Waals surface area contributed by atoms with E-state index in [0.717, 1.165) is 11.3 Å². The number of aromatic nitrogens is 2. The van der Waals surface area contributed by atoms with Crippen LogP contribution in [0.15, 0.2) is 36.5 Å². The topological polar surface area (TPSA) is 99.3 Å². The summed E-state index contributed by atoms with van der Waals surface area (Å²) in [5, 5.41) is 16.9. The van der Waals surface area contributed by atoms with E-state index in [2.05, 4.69) is 10.4 Å². The summed E-state index contributed by atoms with van der Waals surface area (Å²) >= 11 is 0. The van der Waals surface area contributed by atoms with E-state index in [9.17, 15) is 14.9 Å². The molecule has 8 nitrogen and oxygen atoms in total. The Hall–Kier alpha value is -2.90. The van der Waals surface area contributed by atoms with E-state index < -0.39 is 4.92 Å². The van der Waals surface area contributed by atoms with Gasteiger partial charge in [-0.05, 0) is 36.5 Å². The Balaban J connectivity index is 1.82. The second-order valence-electron chi connectivity index (χ2n) is 5.22. The van der Waals surface area contributed by atoms with Gasteiger partial charge in [-0.1, -0.05) is 12.1 Å². The highest BCUT2D eigenvalue weighted by Gasteiger charge is 2.13. The maximum absolute atomic E-state index is 11.8. The number of ether oxygens (including phenoxy) is 1. The van der Waals surface area contributed by atoms with Crippen molar-refractivity contribution in [3.05, 3.63) is 52.2 Å². The first-order valence-electron chi connectivity index (χ1n) is 7.14. The Bertz CT molecular complexity index is 679. The highest BCUT2D eigenvalue weighted by Crippen LogP contribution is 2.13. The van der Waals surface area contributed by atoms with Gasteiger partial charge >= 0.3 is 5.82 Å². The molecule has 122 valence electrons. The van der Waals surface area contributed by atoms with E-state index in [4.69, 9.17) is 4.74 Å². The zero-order chi connectivity index (χ0) is 16.8. The summed E-state index contributed by atoms with van der Waals surface area (Å²) in [4.78, 5) is 21.7. The van der Waals surface area contributed by atoms with Crippen LogP contribution < -0.4 is 10.1 Å². The van der Waals surface area contributed by atoms with Crippen molar-refractivity contribution in [1.29, 1.82) is 0 Å². The first-order chi connectivity index (χ1) is 10.9. The van der Waals surface area contributed by atoms with Crippen LogP contribution in [-0.2, 0) is 17.9 Å². The molecule has 0 aliphatic heterocycles. The fourth-order valence-corrected chi connectivity index (χ4v) is 1.90. The molecule has 2 rings (SSSR count). The number of hydrogen-bond acceptors (Lipinski definition) is 5. The molecule has 0 unspecified atom stereocenters. The number of rotatable bonds is 7. The largest absolute Gasteiger partial charge is 0.491 e. The lowest BCUT2D eigenvalue weighted by atomic mass is 10.2. The smallest absolute Gasteiger partial charge is 0.389 e. The second kappa shape index (κ2) is 7.39. The monoisotopic (exact) mass is 318 g/mol. The predicted octanol–water partition coefficient (Wildman–Crippen LogP) is 1.89. The number of nitrogens with zero attached hydrogens (tertiary/aromatic N) is 3. The van der Waals surface area contributed by atoms with Gasteiger partial charge in [0.1, 0.15) is 12.3 Å². The van der Waals surface area contributed by atoms with Crippen molar-refractivity contribution < 1.29 is 14.5 Å². The first-order valence-corrected chi connectivity index (χ1v) is 7.14. The maximum Gasteiger partial charge on any atom is 0.389 e. The summed E-state index contributed by atoms with van der Waals surface area (Å²) in [5.74, 6) is 0.225. The number of carbonyl (C=O) groups is 1. The van der Waals surface area contributed by atoms with Gasteiger partial charge in [-0.2, -0.15) is 4.68 Å². The molecule has 0 aliphatic carbocycles. The standard InChI is InChI=1S/C15H18N4O4/c1-11(2)23-13-5-3-12(4-6-13)9-16-15(20)10-18-8-7-14(17-18)19(21)22/h3-8,11H,9-10H2,1-2H3,(H,16,20). The first kappa shape index (κ1) is 16.5. The van der Waals surface area contributed by atoms with Crippen molar-refractivity contribution in [2.45, 2.75) is 33.0 Å². The number of nitrogens with one attached hydrogen (secondary N) is 1. The van der Waals surface area contributed by atoms with E-state index in [-0.39, 0.29) is 24.4 Å². The van der Waals surface area contributed by atoms with Crippen LogP contribution in [0.5, 0.6) is 5.75 Å². The third-order valence-electron chi connectivity index (χ3n) is 2.90. The lowest BCUT2D eigenvalue weighted by Gasteiger charge is -2.10. The van der Waals surface area contributed by atoms with Crippen LogP contribution in [0.25, 0.3) is 0 Å². The summed E-state index contributed by atoms with van der Waals surface area (Å²) in [6.45, 7) is 4.20. The van der Waals surface area contributed by atoms with Gasteiger partial charge in [0.25, 0.3) is 0 Å². The third-order valence-corrected chi connectivity index (χ3v) is 2.90. The number of hydrogen-bond donors (Lipinski definition) is 1. The zero-order valence-electron chi connectivity index (χ0n) is 12.9. The summed E-state index contributed by atoms with van der Waals surface area (Å²) in [6, 6.07) is 8.69. The van der Waals surface area contributed by atoms with Crippen LogP contribution in [0.3, 0.4) is 0 Å². The molecule has 0 bridgehead atoms. The molecule has 0 saturated carbocycles. The Labute approximate surface area is 133 Å². The molecule has 8 heteroatoms. The third kappa shape index (κ3) is 5.10. The Morgan fingerprint density at radius 3 is 2.61 bits per heavy atom. The SMILES string of the molecule is CC(C)Oc1ccc(CNC(=O)Cn2ccc([N+](=O)[O-])n2)cc1. The number of nitro groups is 1. The van der Waals surface area contributed by atoms with E-state index in [1.807, 2.05) is 38.1 Å². The second-order valence-corrected chi connectivity index (χ2v) is 5.22. The molecule has 1 heterocycles. The highest BCUT2D eigenvalue weighted by molar-refractivity contribution is 5.75. The van der Waals surface area contributed by atoms with Crippen LogP contribution in [0.1, 0.15) is 19.4 Å². The molecule has 1 aromatic carbocycles. The van der Waals surface area contributed by atoms with Crippen molar-refractivity contribution >= 4 is 11.7 Å². The number of benzene rings is 1. The minimum atomic E-state index is -0.602. The minimum Gasteiger partial charge on any atom is -0.491 e. The van der Waals surface area contributed by atoms with Gasteiger partial charge in [-0.25, -0.2) is 0 Å². The molecule has 0 fully saturated rings. The lowest BCUT2D eigenvalue weighted by molar-refractivity contribution is -0.389. The van der Waals surface area contributed by atoms with Gasteiger partial charge in [0.15, 0.2) is 0 Å². The van der Waals surface area contributed by atoms with E-state index in [1.165, 1.54) is 16.9 Å². The molecule has 1 amide bonds. The van der Waals surface area contributed by atoms with E-state index in [0.29, 0.717) is 6.54 Å². The Kier molecular flexibility index (Phi) is 5.29. The summed E-state index contributed by atoms with van der Waals surface area (Å²) in [5.41, 5.74) is 0.931. The number of amides is 1. The van der Waals surface area contributed by atoms with Crippen LogP contribution in [0, 0.1) is 10.1 Å². The summed E-state index contributed by atoms with van der Waals surface area (Å²) in [7, 11) is 0. The molecule has 23 heavy (non-hydrogen) atoms. The van der Waals surface area contributed by atoms with Crippen molar-refractivity contribution in [2.75, 3.05) is 0 Å². The van der Waals surface area contributed by atoms with Crippen molar-refractivity contribution in [3.8, 4) is 5.75 Å². The lowest BCUT2D eigenvalue weighted by Crippen LogP contribution is -2.27. The minimum absolute atomic E-state index is 0.0671.